The van der Waals surface area contributed by atoms with Gasteiger partial charge < -0.3 is 9.30 Å². The lowest BCUT2D eigenvalue weighted by Gasteiger charge is -2.21. The molecule has 1 aliphatic carbocycles. The predicted molar refractivity (Wildman–Crippen MR) is 120 cm³/mol. The van der Waals surface area contributed by atoms with Gasteiger partial charge in [-0.25, -0.2) is 9.97 Å². The van der Waals surface area contributed by atoms with E-state index in [2.05, 4.69) is 48.3 Å². The molecule has 2 fully saturated rings. The fourth-order valence-corrected chi connectivity index (χ4v) is 5.03. The Morgan fingerprint density at radius 1 is 1.17 bits per heavy atom. The van der Waals surface area contributed by atoms with E-state index in [1.807, 2.05) is 30.5 Å². The summed E-state index contributed by atoms with van der Waals surface area (Å²) >= 11 is 6.47. The van der Waals surface area contributed by atoms with Crippen LogP contribution in [0.25, 0.3) is 11.2 Å². The Balaban J connectivity index is 1.15. The summed E-state index contributed by atoms with van der Waals surface area (Å²) in [7, 11) is 2.06. The number of likely N-dealkylation sites (tertiary alicyclic amines) is 1. The Kier molecular flexibility index (Phi) is 4.79. The predicted octanol–water partition coefficient (Wildman–Crippen LogP) is 4.68. The summed E-state index contributed by atoms with van der Waals surface area (Å²) < 4.78 is 8.22. The van der Waals surface area contributed by atoms with Crippen molar-refractivity contribution in [1.29, 1.82) is 0 Å². The summed E-state index contributed by atoms with van der Waals surface area (Å²) in [6.45, 7) is 10.5. The SMILES string of the molecule is Cn1c(CN2C[C@@H]3C(COc4ccc(C(C)(C)C)cc4Cl)[C@@H]3C2)nc2cccnc21. The number of halogens is 1. The van der Waals surface area contributed by atoms with E-state index in [1.54, 1.807) is 0 Å². The molecule has 1 saturated heterocycles. The van der Waals surface area contributed by atoms with Crippen LogP contribution in [-0.4, -0.2) is 39.1 Å². The van der Waals surface area contributed by atoms with Crippen LogP contribution >= 0.6 is 11.6 Å². The van der Waals surface area contributed by atoms with Crippen LogP contribution in [-0.2, 0) is 19.0 Å². The zero-order valence-electron chi connectivity index (χ0n) is 18.1. The highest BCUT2D eigenvalue weighted by Gasteiger charge is 2.55. The van der Waals surface area contributed by atoms with Crippen molar-refractivity contribution >= 4 is 22.8 Å². The van der Waals surface area contributed by atoms with Crippen LogP contribution in [0.1, 0.15) is 32.2 Å². The van der Waals surface area contributed by atoms with Gasteiger partial charge in [-0.1, -0.05) is 38.4 Å². The van der Waals surface area contributed by atoms with Crippen molar-refractivity contribution in [2.75, 3.05) is 19.7 Å². The van der Waals surface area contributed by atoms with Crippen molar-refractivity contribution in [3.8, 4) is 5.75 Å². The molecule has 30 heavy (non-hydrogen) atoms. The molecule has 0 radical (unpaired) electrons. The minimum absolute atomic E-state index is 0.0915. The van der Waals surface area contributed by atoms with Crippen molar-refractivity contribution in [3.05, 3.63) is 52.9 Å². The second kappa shape index (κ2) is 7.24. The Morgan fingerprint density at radius 3 is 2.60 bits per heavy atom. The quantitative estimate of drug-likeness (QED) is 0.596. The van der Waals surface area contributed by atoms with E-state index in [9.17, 15) is 0 Å². The summed E-state index contributed by atoms with van der Waals surface area (Å²) in [4.78, 5) is 11.7. The first-order valence-electron chi connectivity index (χ1n) is 10.7. The Hall–Kier alpha value is -2.11. The van der Waals surface area contributed by atoms with Gasteiger partial charge in [-0.15, -0.1) is 0 Å². The van der Waals surface area contributed by atoms with E-state index in [0.717, 1.165) is 60.8 Å². The highest BCUT2D eigenvalue weighted by molar-refractivity contribution is 6.32. The molecule has 0 spiro atoms. The van der Waals surface area contributed by atoms with E-state index in [0.29, 0.717) is 10.9 Å². The minimum atomic E-state index is 0.0915. The summed E-state index contributed by atoms with van der Waals surface area (Å²) in [6, 6.07) is 10.2. The maximum Gasteiger partial charge on any atom is 0.159 e. The van der Waals surface area contributed by atoms with E-state index < -0.39 is 0 Å². The second-order valence-corrected chi connectivity index (χ2v) is 10.2. The molecular formula is C24H29ClN4O. The van der Waals surface area contributed by atoms with Crippen molar-refractivity contribution in [1.82, 2.24) is 19.4 Å². The van der Waals surface area contributed by atoms with Crippen LogP contribution in [0.15, 0.2) is 36.5 Å². The Morgan fingerprint density at radius 2 is 1.93 bits per heavy atom. The molecule has 6 heteroatoms. The third-order valence-electron chi connectivity index (χ3n) is 6.76. The number of pyridine rings is 1. The fourth-order valence-electron chi connectivity index (χ4n) is 4.80. The molecule has 1 aromatic carbocycles. The molecule has 5 rings (SSSR count). The number of hydrogen-bond donors (Lipinski definition) is 0. The van der Waals surface area contributed by atoms with E-state index in [-0.39, 0.29) is 5.41 Å². The molecule has 158 valence electrons. The van der Waals surface area contributed by atoms with Gasteiger partial charge in [-0.05, 0) is 47.1 Å². The molecule has 2 aliphatic rings. The third-order valence-corrected chi connectivity index (χ3v) is 7.06. The van der Waals surface area contributed by atoms with Crippen LogP contribution in [0.4, 0.5) is 0 Å². The summed E-state index contributed by atoms with van der Waals surface area (Å²) in [6.07, 6.45) is 1.83. The van der Waals surface area contributed by atoms with Crippen LogP contribution in [0.2, 0.25) is 5.02 Å². The number of imidazole rings is 1. The smallest absolute Gasteiger partial charge is 0.159 e. The van der Waals surface area contributed by atoms with Gasteiger partial charge in [0.15, 0.2) is 5.65 Å². The molecule has 0 N–H and O–H groups in total. The lowest BCUT2D eigenvalue weighted by molar-refractivity contribution is 0.226. The average Bonchev–Trinajstić information content (AvgIpc) is 3.02. The zero-order chi connectivity index (χ0) is 21.0. The van der Waals surface area contributed by atoms with Crippen molar-refractivity contribution in [2.24, 2.45) is 24.8 Å². The van der Waals surface area contributed by atoms with Crippen LogP contribution < -0.4 is 4.74 Å². The number of hydrogen-bond acceptors (Lipinski definition) is 4. The largest absolute Gasteiger partial charge is 0.492 e. The molecule has 0 bridgehead atoms. The molecule has 3 atom stereocenters. The maximum absolute atomic E-state index is 6.47. The van der Waals surface area contributed by atoms with Crippen molar-refractivity contribution in [3.63, 3.8) is 0 Å². The van der Waals surface area contributed by atoms with E-state index >= 15 is 0 Å². The number of rotatable bonds is 5. The number of piperidine rings is 1. The summed E-state index contributed by atoms with van der Waals surface area (Å²) in [5.41, 5.74) is 3.25. The molecule has 5 nitrogen and oxygen atoms in total. The van der Waals surface area contributed by atoms with Crippen LogP contribution in [0.5, 0.6) is 5.75 Å². The number of benzene rings is 1. The number of fused-ring (bicyclic) bond motifs is 2. The molecule has 1 saturated carbocycles. The van der Waals surface area contributed by atoms with Gasteiger partial charge in [-0.3, -0.25) is 4.90 Å². The first-order chi connectivity index (χ1) is 14.3. The van der Waals surface area contributed by atoms with Crippen molar-refractivity contribution < 1.29 is 4.74 Å². The Bertz CT molecular complexity index is 1070. The van der Waals surface area contributed by atoms with Gasteiger partial charge in [0.05, 0.1) is 18.2 Å². The second-order valence-electron chi connectivity index (χ2n) is 9.83. The van der Waals surface area contributed by atoms with Gasteiger partial charge in [-0.2, -0.15) is 0 Å². The monoisotopic (exact) mass is 424 g/mol. The lowest BCUT2D eigenvalue weighted by Crippen LogP contribution is -2.26. The molecular weight excluding hydrogens is 396 g/mol. The first-order valence-corrected chi connectivity index (χ1v) is 11.1. The van der Waals surface area contributed by atoms with Gasteiger partial charge in [0.25, 0.3) is 0 Å². The molecule has 3 heterocycles. The number of ether oxygens (including phenoxy) is 1. The normalized spacial score (nSPS) is 23.7. The number of aryl methyl sites for hydroxylation is 1. The third kappa shape index (κ3) is 3.58. The number of nitrogens with zero attached hydrogens (tertiary/aromatic N) is 4. The lowest BCUT2D eigenvalue weighted by atomic mass is 9.87. The fraction of sp³-hybridized carbons (Fsp3) is 0.500. The van der Waals surface area contributed by atoms with Crippen LogP contribution in [0, 0.1) is 17.8 Å². The van der Waals surface area contributed by atoms with Gasteiger partial charge in [0, 0.05) is 32.3 Å². The molecule has 1 aliphatic heterocycles. The summed E-state index contributed by atoms with van der Waals surface area (Å²) in [5, 5.41) is 0.713. The standard InChI is InChI=1S/C24H29ClN4O/c1-24(2,3)15-7-8-21(19(25)10-15)30-14-18-16-11-29(12-17(16)18)13-22-27-20-6-5-9-26-23(20)28(22)4/h5-10,16-18H,11-14H2,1-4H3/t16-,17+,18?. The zero-order valence-corrected chi connectivity index (χ0v) is 18.9. The van der Waals surface area contributed by atoms with Gasteiger partial charge in [0.1, 0.15) is 17.1 Å². The molecule has 3 aromatic rings. The minimum Gasteiger partial charge on any atom is -0.492 e. The van der Waals surface area contributed by atoms with E-state index in [4.69, 9.17) is 21.3 Å². The van der Waals surface area contributed by atoms with Gasteiger partial charge in [0.2, 0.25) is 0 Å². The maximum atomic E-state index is 6.47. The van der Waals surface area contributed by atoms with Gasteiger partial charge >= 0.3 is 0 Å². The van der Waals surface area contributed by atoms with Crippen LogP contribution in [0.3, 0.4) is 0 Å². The molecule has 1 unspecified atom stereocenters. The highest BCUT2D eigenvalue weighted by atomic mass is 35.5. The highest BCUT2D eigenvalue weighted by Crippen LogP contribution is 2.52. The van der Waals surface area contributed by atoms with Crippen molar-refractivity contribution in [2.45, 2.75) is 32.7 Å². The summed E-state index contributed by atoms with van der Waals surface area (Å²) in [5.74, 6) is 3.99. The number of aromatic nitrogens is 3. The average molecular weight is 425 g/mol. The molecule has 2 aromatic heterocycles. The first kappa shape index (κ1) is 19.8. The molecule has 0 amide bonds. The topological polar surface area (TPSA) is 43.2 Å². The Labute approximate surface area is 183 Å². The van der Waals surface area contributed by atoms with E-state index in [1.165, 1.54) is 5.56 Å².